The molecule has 0 aliphatic heterocycles. The molecule has 0 aromatic heterocycles. The number of amides is 2. The summed E-state index contributed by atoms with van der Waals surface area (Å²) in [6.45, 7) is 0.866. The quantitative estimate of drug-likeness (QED) is 0.653. The first kappa shape index (κ1) is 19.9. The fraction of sp³-hybridized carbons (Fsp3) is 0.364. The van der Waals surface area contributed by atoms with Crippen LogP contribution in [0.15, 0.2) is 48.5 Å². The molecule has 6 heteroatoms. The molecule has 0 bridgehead atoms. The number of methoxy groups -OCH3 is 1. The molecule has 0 unspecified atom stereocenters. The highest BCUT2D eigenvalue weighted by Crippen LogP contribution is 2.46. The van der Waals surface area contributed by atoms with Gasteiger partial charge in [0, 0.05) is 13.1 Å². The number of para-hydroxylation sites is 1. The van der Waals surface area contributed by atoms with E-state index in [0.29, 0.717) is 38.8 Å². The maximum absolute atomic E-state index is 12.9. The Morgan fingerprint density at radius 2 is 1.57 bits per heavy atom. The average Bonchev–Trinajstić information content (AvgIpc) is 3.52. The second-order valence-electron chi connectivity index (χ2n) is 7.03. The number of carbonyl (C=O) groups excluding carboxylic acids is 2. The molecule has 1 aliphatic rings. The van der Waals surface area contributed by atoms with Gasteiger partial charge >= 0.3 is 0 Å². The van der Waals surface area contributed by atoms with Gasteiger partial charge in [0.15, 0.2) is 0 Å². The minimum absolute atomic E-state index is 0.221. The van der Waals surface area contributed by atoms with Gasteiger partial charge in [0.2, 0.25) is 11.8 Å². The molecule has 2 amide bonds. The van der Waals surface area contributed by atoms with Crippen LogP contribution >= 0.6 is 0 Å². The van der Waals surface area contributed by atoms with E-state index < -0.39 is 5.41 Å². The van der Waals surface area contributed by atoms with Crippen molar-refractivity contribution in [3.05, 3.63) is 65.5 Å². The highest BCUT2D eigenvalue weighted by Gasteiger charge is 2.56. The maximum Gasteiger partial charge on any atom is 0.235 e. The van der Waals surface area contributed by atoms with Crippen molar-refractivity contribution < 1.29 is 18.7 Å². The number of carbonyl (C=O) groups is 2. The molecule has 148 valence electrons. The molecule has 1 fully saturated rings. The van der Waals surface area contributed by atoms with E-state index in [9.17, 15) is 14.0 Å². The summed E-state index contributed by atoms with van der Waals surface area (Å²) in [5, 5.41) is 5.73. The van der Waals surface area contributed by atoms with E-state index in [1.165, 1.54) is 12.1 Å². The molecule has 0 heterocycles. The van der Waals surface area contributed by atoms with Crippen molar-refractivity contribution in [1.29, 1.82) is 0 Å². The molecule has 28 heavy (non-hydrogen) atoms. The molecule has 3 rings (SSSR count). The summed E-state index contributed by atoms with van der Waals surface area (Å²) in [5.41, 5.74) is 1.01. The van der Waals surface area contributed by atoms with Crippen LogP contribution in [0.5, 0.6) is 5.75 Å². The van der Waals surface area contributed by atoms with E-state index in [1.54, 1.807) is 19.2 Å². The lowest BCUT2D eigenvalue weighted by atomic mass is 10.0. The van der Waals surface area contributed by atoms with Crippen molar-refractivity contribution in [2.24, 2.45) is 5.41 Å². The molecule has 0 radical (unpaired) electrons. The predicted molar refractivity (Wildman–Crippen MR) is 104 cm³/mol. The van der Waals surface area contributed by atoms with Crippen molar-refractivity contribution >= 4 is 11.8 Å². The van der Waals surface area contributed by atoms with Crippen LogP contribution in [0.2, 0.25) is 0 Å². The first-order chi connectivity index (χ1) is 13.5. The number of hydrogen-bond donors (Lipinski definition) is 2. The molecule has 0 saturated heterocycles. The smallest absolute Gasteiger partial charge is 0.235 e. The topological polar surface area (TPSA) is 67.4 Å². The van der Waals surface area contributed by atoms with Crippen LogP contribution in [-0.4, -0.2) is 32.0 Å². The van der Waals surface area contributed by atoms with Crippen LogP contribution in [-0.2, 0) is 22.4 Å². The Kier molecular flexibility index (Phi) is 6.29. The lowest BCUT2D eigenvalue weighted by Gasteiger charge is -2.16. The molecule has 2 N–H and O–H groups in total. The van der Waals surface area contributed by atoms with Crippen LogP contribution in [0.1, 0.15) is 24.0 Å². The summed E-state index contributed by atoms with van der Waals surface area (Å²) < 4.78 is 18.2. The molecular formula is C22H25FN2O3. The fourth-order valence-electron chi connectivity index (χ4n) is 3.21. The van der Waals surface area contributed by atoms with Gasteiger partial charge in [-0.25, -0.2) is 4.39 Å². The monoisotopic (exact) mass is 384 g/mol. The van der Waals surface area contributed by atoms with Crippen LogP contribution in [0.25, 0.3) is 0 Å². The van der Waals surface area contributed by atoms with Crippen LogP contribution in [0.4, 0.5) is 4.39 Å². The lowest BCUT2D eigenvalue weighted by Crippen LogP contribution is -2.44. The summed E-state index contributed by atoms with van der Waals surface area (Å²) in [5.74, 6) is 0.0528. The number of benzene rings is 2. The first-order valence-electron chi connectivity index (χ1n) is 9.48. The van der Waals surface area contributed by atoms with E-state index in [4.69, 9.17) is 4.74 Å². The molecule has 2 aromatic carbocycles. The van der Waals surface area contributed by atoms with E-state index in [-0.39, 0.29) is 17.6 Å². The number of halogens is 1. The van der Waals surface area contributed by atoms with Gasteiger partial charge in [-0.05, 0) is 55.0 Å². The number of hydrogen-bond acceptors (Lipinski definition) is 3. The minimum Gasteiger partial charge on any atom is -0.496 e. The Bertz CT molecular complexity index is 832. The first-order valence-corrected chi connectivity index (χ1v) is 9.48. The highest BCUT2D eigenvalue weighted by molar-refractivity contribution is 6.07. The zero-order chi connectivity index (χ0) is 20.0. The SMILES string of the molecule is COc1ccccc1CCNC(=O)C1(C(=O)NCCc2ccc(F)cc2)CC1. The Morgan fingerprint density at radius 3 is 2.18 bits per heavy atom. The normalized spacial score (nSPS) is 14.2. The van der Waals surface area contributed by atoms with Gasteiger partial charge in [-0.1, -0.05) is 30.3 Å². The van der Waals surface area contributed by atoms with E-state index >= 15 is 0 Å². The van der Waals surface area contributed by atoms with Crippen molar-refractivity contribution in [3.63, 3.8) is 0 Å². The number of rotatable bonds is 9. The second-order valence-corrected chi connectivity index (χ2v) is 7.03. The third kappa shape index (κ3) is 4.68. The van der Waals surface area contributed by atoms with Gasteiger partial charge in [-0.15, -0.1) is 0 Å². The van der Waals surface area contributed by atoms with Crippen LogP contribution in [0.3, 0.4) is 0 Å². The van der Waals surface area contributed by atoms with Crippen LogP contribution in [0, 0.1) is 11.2 Å². The Balaban J connectivity index is 1.45. The van der Waals surface area contributed by atoms with Crippen molar-refractivity contribution in [2.45, 2.75) is 25.7 Å². The Morgan fingerprint density at radius 1 is 0.964 bits per heavy atom. The van der Waals surface area contributed by atoms with E-state index in [2.05, 4.69) is 10.6 Å². The van der Waals surface area contributed by atoms with Crippen LogP contribution < -0.4 is 15.4 Å². The molecule has 5 nitrogen and oxygen atoms in total. The number of nitrogens with one attached hydrogen (secondary N) is 2. The standard InChI is InChI=1S/C22H25FN2O3/c1-28-19-5-3-2-4-17(19)11-15-25-21(27)22(12-13-22)20(26)24-14-10-16-6-8-18(23)9-7-16/h2-9H,10-15H2,1H3,(H,24,26)(H,25,27). The summed E-state index contributed by atoms with van der Waals surface area (Å²) in [4.78, 5) is 25.0. The molecule has 1 aliphatic carbocycles. The largest absolute Gasteiger partial charge is 0.496 e. The zero-order valence-electron chi connectivity index (χ0n) is 16.0. The van der Waals surface area contributed by atoms with Crippen molar-refractivity contribution in [3.8, 4) is 5.75 Å². The minimum atomic E-state index is -0.941. The highest BCUT2D eigenvalue weighted by atomic mass is 19.1. The Hall–Kier alpha value is -2.89. The van der Waals surface area contributed by atoms with E-state index in [1.807, 2.05) is 24.3 Å². The van der Waals surface area contributed by atoms with Gasteiger partial charge in [-0.3, -0.25) is 9.59 Å². The number of ether oxygens (including phenoxy) is 1. The molecule has 0 spiro atoms. The van der Waals surface area contributed by atoms with E-state index in [0.717, 1.165) is 16.9 Å². The summed E-state index contributed by atoms with van der Waals surface area (Å²) in [6.07, 6.45) is 2.36. The summed E-state index contributed by atoms with van der Waals surface area (Å²) in [6, 6.07) is 13.8. The van der Waals surface area contributed by atoms with Gasteiger partial charge < -0.3 is 15.4 Å². The van der Waals surface area contributed by atoms with Gasteiger partial charge in [0.1, 0.15) is 17.0 Å². The fourth-order valence-corrected chi connectivity index (χ4v) is 3.21. The third-order valence-corrected chi connectivity index (χ3v) is 5.10. The Labute approximate surface area is 164 Å². The van der Waals surface area contributed by atoms with Crippen molar-refractivity contribution in [2.75, 3.05) is 20.2 Å². The average molecular weight is 384 g/mol. The molecule has 2 aromatic rings. The maximum atomic E-state index is 12.9. The molecular weight excluding hydrogens is 359 g/mol. The van der Waals surface area contributed by atoms with Crippen molar-refractivity contribution in [1.82, 2.24) is 10.6 Å². The predicted octanol–water partition coefficient (Wildman–Crippen LogP) is 2.63. The summed E-state index contributed by atoms with van der Waals surface area (Å²) in [7, 11) is 1.62. The zero-order valence-corrected chi connectivity index (χ0v) is 16.0. The third-order valence-electron chi connectivity index (χ3n) is 5.10. The van der Waals surface area contributed by atoms with Gasteiger partial charge in [0.25, 0.3) is 0 Å². The molecule has 1 saturated carbocycles. The molecule has 0 atom stereocenters. The van der Waals surface area contributed by atoms with Gasteiger partial charge in [-0.2, -0.15) is 0 Å². The van der Waals surface area contributed by atoms with Gasteiger partial charge in [0.05, 0.1) is 7.11 Å². The second kappa shape index (κ2) is 8.87. The summed E-state index contributed by atoms with van der Waals surface area (Å²) >= 11 is 0. The lowest BCUT2D eigenvalue weighted by molar-refractivity contribution is -0.137.